The third kappa shape index (κ3) is 2.38. The molecule has 1 atom stereocenters. The highest BCUT2D eigenvalue weighted by Gasteiger charge is 2.52. The lowest BCUT2D eigenvalue weighted by Gasteiger charge is -2.39. The molecule has 0 aromatic carbocycles. The fourth-order valence-electron chi connectivity index (χ4n) is 3.45. The Kier molecular flexibility index (Phi) is 3.93. The van der Waals surface area contributed by atoms with Crippen LogP contribution in [-0.4, -0.2) is 24.5 Å². The van der Waals surface area contributed by atoms with E-state index in [1.807, 2.05) is 0 Å². The van der Waals surface area contributed by atoms with Crippen LogP contribution < -0.4 is 5.32 Å². The molecule has 1 N–H and O–H groups in total. The fraction of sp³-hybridized carbons (Fsp3) is 0.857. The topological polar surface area (TPSA) is 55.4 Å². The van der Waals surface area contributed by atoms with Gasteiger partial charge in [0.15, 0.2) is 0 Å². The van der Waals surface area contributed by atoms with Crippen LogP contribution in [-0.2, 0) is 14.3 Å². The second-order valence-corrected chi connectivity index (χ2v) is 5.64. The van der Waals surface area contributed by atoms with Crippen molar-refractivity contribution in [2.75, 3.05) is 6.61 Å². The number of hydrogen-bond donors (Lipinski definition) is 1. The maximum Gasteiger partial charge on any atom is 0.329 e. The van der Waals surface area contributed by atoms with Gasteiger partial charge in [0.05, 0.1) is 6.61 Å². The molecule has 0 aromatic rings. The first kappa shape index (κ1) is 13.4. The maximum absolute atomic E-state index is 12.0. The van der Waals surface area contributed by atoms with E-state index in [-0.39, 0.29) is 17.3 Å². The van der Waals surface area contributed by atoms with Gasteiger partial charge in [-0.25, -0.2) is 4.79 Å². The summed E-state index contributed by atoms with van der Waals surface area (Å²) in [6, 6.07) is -0.414. The molecular weight excluding hydrogens is 230 g/mol. The summed E-state index contributed by atoms with van der Waals surface area (Å²) in [5.41, 5.74) is -0.172. The number of hydrogen-bond acceptors (Lipinski definition) is 3. The van der Waals surface area contributed by atoms with Crippen LogP contribution >= 0.6 is 0 Å². The van der Waals surface area contributed by atoms with Crippen molar-refractivity contribution in [1.29, 1.82) is 0 Å². The van der Waals surface area contributed by atoms with Crippen LogP contribution in [0.5, 0.6) is 0 Å². The van der Waals surface area contributed by atoms with E-state index in [1.165, 1.54) is 6.42 Å². The Labute approximate surface area is 108 Å². The van der Waals surface area contributed by atoms with Crippen molar-refractivity contribution in [2.45, 2.75) is 58.4 Å². The lowest BCUT2D eigenvalue weighted by Crippen LogP contribution is -2.46. The van der Waals surface area contributed by atoms with Gasteiger partial charge in [-0.3, -0.25) is 4.79 Å². The van der Waals surface area contributed by atoms with Gasteiger partial charge >= 0.3 is 5.97 Å². The number of carbonyl (C=O) groups is 2. The highest BCUT2D eigenvalue weighted by molar-refractivity contribution is 5.90. The van der Waals surface area contributed by atoms with Gasteiger partial charge in [0.1, 0.15) is 6.04 Å². The van der Waals surface area contributed by atoms with E-state index in [2.05, 4.69) is 12.2 Å². The van der Waals surface area contributed by atoms with Crippen LogP contribution in [0, 0.1) is 11.3 Å². The van der Waals surface area contributed by atoms with Gasteiger partial charge in [-0.05, 0) is 38.5 Å². The van der Waals surface area contributed by atoms with Gasteiger partial charge in [0.2, 0.25) is 5.91 Å². The monoisotopic (exact) mass is 253 g/mol. The summed E-state index contributed by atoms with van der Waals surface area (Å²) in [5, 5.41) is 2.82. The van der Waals surface area contributed by atoms with E-state index in [9.17, 15) is 9.59 Å². The minimum atomic E-state index is -0.414. The molecule has 1 aliphatic carbocycles. The molecule has 1 spiro atoms. The SMILES string of the molecule is CCOC(=O)C1NC(=O)CC12CCC(CC)CC2. The van der Waals surface area contributed by atoms with Gasteiger partial charge in [0.25, 0.3) is 0 Å². The van der Waals surface area contributed by atoms with Gasteiger partial charge in [-0.1, -0.05) is 13.3 Å². The Morgan fingerprint density at radius 1 is 1.39 bits per heavy atom. The Bertz CT molecular complexity index is 332. The number of ether oxygens (including phenoxy) is 1. The normalized spacial score (nSPS) is 35.6. The maximum atomic E-state index is 12.0. The number of nitrogens with one attached hydrogen (secondary N) is 1. The lowest BCUT2D eigenvalue weighted by atomic mass is 9.66. The summed E-state index contributed by atoms with van der Waals surface area (Å²) < 4.78 is 5.10. The highest BCUT2D eigenvalue weighted by Crippen LogP contribution is 2.47. The summed E-state index contributed by atoms with van der Waals surface area (Å²) >= 11 is 0. The number of rotatable bonds is 3. The first-order chi connectivity index (χ1) is 8.61. The Balaban J connectivity index is 2.09. The molecule has 1 amide bonds. The zero-order chi connectivity index (χ0) is 13.2. The standard InChI is InChI=1S/C14H23NO3/c1-3-10-5-7-14(8-6-10)9-11(16)15-12(14)13(17)18-4-2/h10,12H,3-9H2,1-2H3,(H,15,16). The van der Waals surface area contributed by atoms with Crippen molar-refractivity contribution in [3.63, 3.8) is 0 Å². The second kappa shape index (κ2) is 5.29. The zero-order valence-electron chi connectivity index (χ0n) is 11.3. The molecule has 4 nitrogen and oxygen atoms in total. The first-order valence-electron chi connectivity index (χ1n) is 7.07. The van der Waals surface area contributed by atoms with E-state index < -0.39 is 6.04 Å². The molecule has 0 radical (unpaired) electrons. The average molecular weight is 253 g/mol. The molecule has 4 heteroatoms. The Hall–Kier alpha value is -1.06. The van der Waals surface area contributed by atoms with E-state index in [4.69, 9.17) is 4.74 Å². The van der Waals surface area contributed by atoms with Crippen LogP contribution in [0.15, 0.2) is 0 Å². The summed E-state index contributed by atoms with van der Waals surface area (Å²) in [7, 11) is 0. The van der Waals surface area contributed by atoms with Crippen LogP contribution in [0.4, 0.5) is 0 Å². The molecule has 1 saturated carbocycles. The van der Waals surface area contributed by atoms with Crippen LogP contribution in [0.25, 0.3) is 0 Å². The van der Waals surface area contributed by atoms with Crippen molar-refractivity contribution in [2.24, 2.45) is 11.3 Å². The fourth-order valence-corrected chi connectivity index (χ4v) is 3.45. The molecular formula is C14H23NO3. The first-order valence-corrected chi connectivity index (χ1v) is 7.07. The highest BCUT2D eigenvalue weighted by atomic mass is 16.5. The molecule has 1 aliphatic heterocycles. The predicted octanol–water partition coefficient (Wildman–Crippen LogP) is 2.02. The van der Waals surface area contributed by atoms with Gasteiger partial charge < -0.3 is 10.1 Å². The third-order valence-corrected chi connectivity index (χ3v) is 4.63. The smallest absolute Gasteiger partial charge is 0.329 e. The van der Waals surface area contributed by atoms with Crippen LogP contribution in [0.2, 0.25) is 0 Å². The average Bonchev–Trinajstić information content (AvgIpc) is 2.68. The zero-order valence-corrected chi connectivity index (χ0v) is 11.3. The largest absolute Gasteiger partial charge is 0.464 e. The molecule has 0 bridgehead atoms. The summed E-state index contributed by atoms with van der Waals surface area (Å²) in [6.45, 7) is 4.39. The van der Waals surface area contributed by atoms with Gasteiger partial charge in [0, 0.05) is 11.8 Å². The lowest BCUT2D eigenvalue weighted by molar-refractivity contribution is -0.149. The van der Waals surface area contributed by atoms with E-state index in [1.54, 1.807) is 6.92 Å². The minimum Gasteiger partial charge on any atom is -0.464 e. The number of carbonyl (C=O) groups excluding carboxylic acids is 2. The summed E-state index contributed by atoms with van der Waals surface area (Å²) in [4.78, 5) is 23.6. The molecule has 2 rings (SSSR count). The molecule has 2 aliphatic rings. The number of esters is 1. The van der Waals surface area contributed by atoms with Crippen molar-refractivity contribution in [1.82, 2.24) is 5.32 Å². The molecule has 0 aromatic heterocycles. The third-order valence-electron chi connectivity index (χ3n) is 4.63. The van der Waals surface area contributed by atoms with E-state index in [0.717, 1.165) is 31.6 Å². The van der Waals surface area contributed by atoms with E-state index in [0.29, 0.717) is 13.0 Å². The molecule has 1 unspecified atom stereocenters. The Morgan fingerprint density at radius 2 is 2.06 bits per heavy atom. The summed E-state index contributed by atoms with van der Waals surface area (Å²) in [5.74, 6) is 0.510. The molecule has 2 fully saturated rings. The molecule has 102 valence electrons. The van der Waals surface area contributed by atoms with Crippen molar-refractivity contribution < 1.29 is 14.3 Å². The quantitative estimate of drug-likeness (QED) is 0.783. The summed E-state index contributed by atoms with van der Waals surface area (Å²) in [6.07, 6.45) is 5.87. The second-order valence-electron chi connectivity index (χ2n) is 5.64. The van der Waals surface area contributed by atoms with Gasteiger partial charge in [-0.2, -0.15) is 0 Å². The van der Waals surface area contributed by atoms with E-state index >= 15 is 0 Å². The number of amides is 1. The van der Waals surface area contributed by atoms with Crippen molar-refractivity contribution in [3.05, 3.63) is 0 Å². The van der Waals surface area contributed by atoms with Crippen LogP contribution in [0.1, 0.15) is 52.4 Å². The molecule has 1 heterocycles. The van der Waals surface area contributed by atoms with Crippen LogP contribution in [0.3, 0.4) is 0 Å². The Morgan fingerprint density at radius 3 is 2.61 bits per heavy atom. The molecule has 1 saturated heterocycles. The minimum absolute atomic E-state index is 0.00278. The van der Waals surface area contributed by atoms with Gasteiger partial charge in [-0.15, -0.1) is 0 Å². The predicted molar refractivity (Wildman–Crippen MR) is 67.9 cm³/mol. The molecule has 18 heavy (non-hydrogen) atoms. The van der Waals surface area contributed by atoms with Crippen molar-refractivity contribution in [3.8, 4) is 0 Å². The van der Waals surface area contributed by atoms with Crippen molar-refractivity contribution >= 4 is 11.9 Å².